The number of fused-ring (bicyclic) bond motifs is 5. The predicted molar refractivity (Wildman–Crippen MR) is 329 cm³/mol. The van der Waals surface area contributed by atoms with Crippen LogP contribution < -0.4 is 13.6 Å². The molecule has 0 N–H and O–H groups in total. The summed E-state index contributed by atoms with van der Waals surface area (Å²) in [5, 5.41) is 2.98. The van der Waals surface area contributed by atoms with Crippen molar-refractivity contribution in [3.63, 3.8) is 0 Å². The predicted octanol–water partition coefficient (Wildman–Crippen LogP) is 19.2. The van der Waals surface area contributed by atoms with Crippen molar-refractivity contribution in [1.82, 2.24) is 0 Å². The number of hydrogen-bond donors (Lipinski definition) is 0. The van der Waals surface area contributed by atoms with Gasteiger partial charge in [0.2, 0.25) is 0 Å². The van der Waals surface area contributed by atoms with Crippen molar-refractivity contribution in [3.8, 4) is 33.4 Å². The van der Waals surface area contributed by atoms with Crippen LogP contribution in [0.4, 0.5) is 0 Å². The van der Waals surface area contributed by atoms with E-state index >= 15 is 0 Å². The van der Waals surface area contributed by atoms with E-state index in [0.717, 1.165) is 12.8 Å². The Labute approximate surface area is 459 Å². The molecule has 6 aromatic rings. The summed E-state index contributed by atoms with van der Waals surface area (Å²) in [5.41, 5.74) is 24.4. The topological polar surface area (TPSA) is 0 Å². The average molecular weight is 1120 g/mol. The van der Waals surface area contributed by atoms with Crippen LogP contribution in [0.15, 0.2) is 114 Å². The van der Waals surface area contributed by atoms with Gasteiger partial charge >= 0.3 is 463 Å². The molecule has 0 spiro atoms. The van der Waals surface area contributed by atoms with Crippen LogP contribution in [0.3, 0.4) is 0 Å². The first kappa shape index (κ1) is 55.2. The first-order chi connectivity index (χ1) is 34.6. The van der Waals surface area contributed by atoms with Crippen LogP contribution >= 0.6 is 17.0 Å². The second-order valence-electron chi connectivity index (χ2n) is 27.2. The molecule has 6 aromatic carbocycles. The molecule has 0 fully saturated rings. The number of rotatable bonds is 13. The summed E-state index contributed by atoms with van der Waals surface area (Å²) in [6.45, 7) is 42.7. The average Bonchev–Trinajstić information content (AvgIpc) is 4.01. The van der Waals surface area contributed by atoms with Gasteiger partial charge < -0.3 is 0 Å². The summed E-state index contributed by atoms with van der Waals surface area (Å²) in [5.74, 6) is 2.40. The zero-order valence-corrected chi connectivity index (χ0v) is 53.8. The molecule has 0 bridgehead atoms. The van der Waals surface area contributed by atoms with E-state index in [1.54, 1.807) is 0 Å². The fourth-order valence-corrected chi connectivity index (χ4v) is 41.4. The molecule has 4 heteroatoms. The Kier molecular flexibility index (Phi) is 15.0. The molecule has 389 valence electrons. The quantitative estimate of drug-likeness (QED) is 0.101. The van der Waals surface area contributed by atoms with Gasteiger partial charge in [-0.15, -0.1) is 0 Å². The van der Waals surface area contributed by atoms with Crippen molar-refractivity contribution in [1.29, 1.82) is 0 Å². The summed E-state index contributed by atoms with van der Waals surface area (Å²) in [6, 6.07) is 41.3. The fraction of sp³-hybridized carbons (Fsp3) is 0.429. The molecule has 0 radical (unpaired) electrons. The van der Waals surface area contributed by atoms with Crippen LogP contribution in [0.5, 0.6) is 0 Å². The molecule has 1 heterocycles. The normalized spacial score (nSPS) is 17.4. The zero-order chi connectivity index (χ0) is 53.7. The van der Waals surface area contributed by atoms with E-state index in [1.807, 2.05) is 0 Å². The van der Waals surface area contributed by atoms with Gasteiger partial charge in [0.1, 0.15) is 0 Å². The van der Waals surface area contributed by atoms with E-state index in [1.165, 1.54) is 114 Å². The van der Waals surface area contributed by atoms with Crippen molar-refractivity contribution in [2.75, 3.05) is 0 Å². The Balaban J connectivity index is 1.45. The third-order valence-corrected chi connectivity index (χ3v) is 39.9. The number of hydrogen-bond acceptors (Lipinski definition) is 0. The van der Waals surface area contributed by atoms with E-state index < -0.39 is 25.9 Å². The van der Waals surface area contributed by atoms with Crippen LogP contribution in [0.25, 0.3) is 45.5 Å². The summed E-state index contributed by atoms with van der Waals surface area (Å²) < 4.78 is 1.01. The van der Waals surface area contributed by atoms with Gasteiger partial charge in [-0.2, -0.15) is 0 Å². The number of benzene rings is 6. The fourth-order valence-electron chi connectivity index (χ4n) is 13.5. The number of halogens is 2. The van der Waals surface area contributed by atoms with Crippen LogP contribution in [0.2, 0.25) is 0 Å². The monoisotopic (exact) mass is 1120 g/mol. The molecule has 2 atom stereocenters. The first-order valence-electron chi connectivity index (χ1n) is 28.4. The van der Waals surface area contributed by atoms with Crippen molar-refractivity contribution >= 4 is 52.3 Å². The van der Waals surface area contributed by atoms with E-state index in [9.17, 15) is 17.0 Å². The third kappa shape index (κ3) is 9.68. The molecular formula is C70H87Cl2SiZr. The Morgan fingerprint density at radius 2 is 0.865 bits per heavy atom. The molecule has 0 amide bonds. The van der Waals surface area contributed by atoms with Gasteiger partial charge in [0, 0.05) is 0 Å². The molecule has 2 aliphatic carbocycles. The van der Waals surface area contributed by atoms with Crippen LogP contribution in [0, 0.1) is 11.8 Å². The van der Waals surface area contributed by atoms with Crippen LogP contribution in [-0.2, 0) is 27.2 Å². The molecule has 3 aliphatic rings. The molecule has 1 aliphatic heterocycles. The number of allylic oxidation sites excluding steroid dienone is 2. The molecule has 0 nitrogen and oxygen atoms in total. The maximum absolute atomic E-state index is 9.81. The Morgan fingerprint density at radius 3 is 1.24 bits per heavy atom. The summed E-state index contributed by atoms with van der Waals surface area (Å²) in [6.07, 6.45) is 7.13. The Hall–Kier alpha value is -3.52. The van der Waals surface area contributed by atoms with Crippen LogP contribution in [0.1, 0.15) is 224 Å². The van der Waals surface area contributed by atoms with E-state index in [2.05, 4.69) is 240 Å². The summed E-state index contributed by atoms with van der Waals surface area (Å²) in [4.78, 5) is 0. The minimum absolute atomic E-state index is 0.112. The Bertz CT molecular complexity index is 3010. The first-order valence-corrected chi connectivity index (χ1v) is 40.2. The van der Waals surface area contributed by atoms with Gasteiger partial charge in [-0.3, -0.25) is 0 Å². The van der Waals surface area contributed by atoms with Gasteiger partial charge in [-0.1, -0.05) is 0 Å². The summed E-state index contributed by atoms with van der Waals surface area (Å²) >= 11 is -5.92. The van der Waals surface area contributed by atoms with Gasteiger partial charge in [-0.25, -0.2) is 0 Å². The zero-order valence-electron chi connectivity index (χ0n) is 48.5. The standard InChI is InChI=1S/2C29H39.C12H9Si.2ClH.Zr/c2*1-18(2)12-21-13-22-10-11-27(29(7,8)9)28(26(22)14-21)25-16-23(19(3)4)15-24(17-25)20(5)6;1-3-7-11-9(5-1)10-6-2-4-8-12(10)13-11;;;/h2*10-11,13-20H,12H2,1-9H3;1-7H,13H2;2*1H;/q;;;;;+2/p-2. The maximum atomic E-state index is 9.81. The van der Waals surface area contributed by atoms with Gasteiger partial charge in [0.05, 0.1) is 0 Å². The Morgan fingerprint density at radius 1 is 0.473 bits per heavy atom. The molecule has 74 heavy (non-hydrogen) atoms. The van der Waals surface area contributed by atoms with Gasteiger partial charge in [-0.05, 0) is 0 Å². The van der Waals surface area contributed by atoms with Gasteiger partial charge in [0.25, 0.3) is 0 Å². The van der Waals surface area contributed by atoms with Crippen molar-refractivity contribution in [2.45, 2.75) is 179 Å². The molecule has 0 saturated heterocycles. The minimum atomic E-state index is -5.92. The van der Waals surface area contributed by atoms with E-state index in [4.69, 9.17) is 0 Å². The molecule has 2 unspecified atom stereocenters. The molecule has 0 saturated carbocycles. The van der Waals surface area contributed by atoms with Crippen molar-refractivity contribution in [3.05, 3.63) is 170 Å². The van der Waals surface area contributed by atoms with Gasteiger partial charge in [0.15, 0.2) is 0 Å². The third-order valence-electron chi connectivity index (χ3n) is 17.1. The second-order valence-corrected chi connectivity index (χ2v) is 49.6. The molecule has 9 rings (SSSR count). The molecular weight excluding hydrogens is 1030 g/mol. The SMILES string of the molecule is CC(C)CC1=Cc2c(ccc(C(C)(C)C)c2-c2cc(C(C)C)cc(C(C)C)c2)[CH]1[Zr]([Cl])([Cl])([c]1cccc2c1[SiH2]c1ccccc1-2)[CH]1C(CC(C)C)=Cc2c1ccc(C(C)(C)C)c2-c1cc(C(C)C)cc(C(C)C)c1. The summed E-state index contributed by atoms with van der Waals surface area (Å²) in [7, 11) is 18.7. The van der Waals surface area contributed by atoms with Crippen molar-refractivity contribution < 1.29 is 16.4 Å². The van der Waals surface area contributed by atoms with E-state index in [0.29, 0.717) is 35.5 Å². The second kappa shape index (κ2) is 20.0. The van der Waals surface area contributed by atoms with Crippen LogP contribution in [-0.4, -0.2) is 9.52 Å². The molecule has 0 aromatic heterocycles. The van der Waals surface area contributed by atoms with Crippen molar-refractivity contribution in [2.24, 2.45) is 11.8 Å². The van der Waals surface area contributed by atoms with E-state index in [-0.39, 0.29) is 18.1 Å².